The minimum atomic E-state index is -0.716. The fourth-order valence-electron chi connectivity index (χ4n) is 1.89. The molecule has 0 bridgehead atoms. The fraction of sp³-hybridized carbons (Fsp3) is 0.188. The quantitative estimate of drug-likeness (QED) is 0.851. The van der Waals surface area contributed by atoms with Gasteiger partial charge in [-0.3, -0.25) is 4.79 Å². The van der Waals surface area contributed by atoms with E-state index in [1.165, 1.54) is 0 Å². The molecule has 0 spiro atoms. The molecule has 0 heterocycles. The van der Waals surface area contributed by atoms with Crippen LogP contribution in [0.2, 0.25) is 0 Å². The maximum absolute atomic E-state index is 12.2. The monoisotopic (exact) mass is 289 g/mol. The molecule has 104 valence electrons. The minimum Gasteiger partial charge on any atom is -0.380 e. The summed E-state index contributed by atoms with van der Waals surface area (Å²) >= 11 is 6.19. The molecule has 0 aliphatic heterocycles. The van der Waals surface area contributed by atoms with E-state index >= 15 is 0 Å². The Morgan fingerprint density at radius 3 is 2.50 bits per heavy atom. The normalized spacial score (nSPS) is 11.9. The second-order valence-electron chi connectivity index (χ2n) is 4.35. The van der Waals surface area contributed by atoms with E-state index in [2.05, 4.69) is 5.32 Å². The number of benzene rings is 2. The number of hydrogen-bond donors (Lipinski definition) is 1. The molecule has 0 saturated heterocycles. The molecule has 0 radical (unpaired) electrons. The first-order valence-electron chi connectivity index (χ1n) is 6.29. The molecule has 1 amide bonds. The molecular formula is C16H16ClNO2. The number of carbonyl (C=O) groups is 1. The number of para-hydroxylation sites is 1. The van der Waals surface area contributed by atoms with Gasteiger partial charge in [-0.05, 0) is 11.6 Å². The molecule has 0 fully saturated rings. The zero-order chi connectivity index (χ0) is 14.4. The maximum atomic E-state index is 12.2. The van der Waals surface area contributed by atoms with Crippen LogP contribution in [-0.2, 0) is 16.1 Å². The highest BCUT2D eigenvalue weighted by Gasteiger charge is 2.18. The number of methoxy groups -OCH3 is 1. The van der Waals surface area contributed by atoms with Crippen LogP contribution in [0.15, 0.2) is 54.6 Å². The Hall–Kier alpha value is -1.84. The average Bonchev–Trinajstić information content (AvgIpc) is 2.49. The topological polar surface area (TPSA) is 38.3 Å². The third-order valence-electron chi connectivity index (χ3n) is 2.90. The molecule has 3 nitrogen and oxygen atoms in total. The molecule has 0 aromatic heterocycles. The number of hydrogen-bond acceptors (Lipinski definition) is 2. The number of anilines is 1. The minimum absolute atomic E-state index is 0.249. The Bertz CT molecular complexity index is 572. The van der Waals surface area contributed by atoms with E-state index in [0.29, 0.717) is 6.61 Å². The van der Waals surface area contributed by atoms with E-state index in [9.17, 15) is 4.79 Å². The predicted octanol–water partition coefficient (Wildman–Crippen LogP) is 3.75. The third kappa shape index (κ3) is 3.59. The SMILES string of the molecule is COCc1ccccc1NC(=O)C(Cl)c1ccccc1. The second-order valence-corrected chi connectivity index (χ2v) is 4.79. The van der Waals surface area contributed by atoms with Crippen molar-refractivity contribution < 1.29 is 9.53 Å². The molecule has 2 aromatic carbocycles. The van der Waals surface area contributed by atoms with Gasteiger partial charge >= 0.3 is 0 Å². The van der Waals surface area contributed by atoms with Crippen LogP contribution in [-0.4, -0.2) is 13.0 Å². The van der Waals surface area contributed by atoms with Gasteiger partial charge in [0.2, 0.25) is 5.91 Å². The largest absolute Gasteiger partial charge is 0.380 e. The Labute approximate surface area is 123 Å². The Balaban J connectivity index is 2.12. The summed E-state index contributed by atoms with van der Waals surface area (Å²) in [7, 11) is 1.62. The fourth-order valence-corrected chi connectivity index (χ4v) is 2.09. The number of alkyl halides is 1. The van der Waals surface area contributed by atoms with Gasteiger partial charge in [-0.15, -0.1) is 11.6 Å². The summed E-state index contributed by atoms with van der Waals surface area (Å²) in [5, 5.41) is 2.13. The van der Waals surface area contributed by atoms with E-state index in [4.69, 9.17) is 16.3 Å². The van der Waals surface area contributed by atoms with Crippen molar-refractivity contribution in [2.75, 3.05) is 12.4 Å². The van der Waals surface area contributed by atoms with Gasteiger partial charge < -0.3 is 10.1 Å². The summed E-state index contributed by atoms with van der Waals surface area (Å²) in [4.78, 5) is 12.2. The summed E-state index contributed by atoms with van der Waals surface area (Å²) in [6, 6.07) is 16.8. The highest BCUT2D eigenvalue weighted by atomic mass is 35.5. The summed E-state index contributed by atoms with van der Waals surface area (Å²) < 4.78 is 5.11. The third-order valence-corrected chi connectivity index (χ3v) is 3.35. The highest BCUT2D eigenvalue weighted by molar-refractivity contribution is 6.32. The number of carbonyl (C=O) groups excluding carboxylic acids is 1. The first-order valence-corrected chi connectivity index (χ1v) is 6.72. The average molecular weight is 290 g/mol. The summed E-state index contributed by atoms with van der Waals surface area (Å²) in [6.07, 6.45) is 0. The zero-order valence-electron chi connectivity index (χ0n) is 11.2. The summed E-state index contributed by atoms with van der Waals surface area (Å²) in [6.45, 7) is 0.439. The van der Waals surface area contributed by atoms with Gasteiger partial charge in [-0.2, -0.15) is 0 Å². The van der Waals surface area contributed by atoms with Crippen LogP contribution < -0.4 is 5.32 Å². The van der Waals surface area contributed by atoms with Crippen LogP contribution in [0.4, 0.5) is 5.69 Å². The van der Waals surface area contributed by atoms with Crippen LogP contribution in [0.3, 0.4) is 0 Å². The van der Waals surface area contributed by atoms with Crippen LogP contribution in [0.25, 0.3) is 0 Å². The van der Waals surface area contributed by atoms with Gasteiger partial charge in [-0.1, -0.05) is 48.5 Å². The van der Waals surface area contributed by atoms with Crippen molar-refractivity contribution in [2.45, 2.75) is 12.0 Å². The lowest BCUT2D eigenvalue weighted by molar-refractivity contribution is -0.116. The number of rotatable bonds is 5. The van der Waals surface area contributed by atoms with E-state index in [0.717, 1.165) is 16.8 Å². The molecule has 0 saturated carbocycles. The molecule has 4 heteroatoms. The van der Waals surface area contributed by atoms with Crippen molar-refractivity contribution in [3.63, 3.8) is 0 Å². The Morgan fingerprint density at radius 1 is 1.15 bits per heavy atom. The lowest BCUT2D eigenvalue weighted by Crippen LogP contribution is -2.18. The number of halogens is 1. The number of amides is 1. The molecule has 2 rings (SSSR count). The summed E-state index contributed by atoms with van der Waals surface area (Å²) in [5.41, 5.74) is 2.41. The van der Waals surface area contributed by atoms with Gasteiger partial charge in [-0.25, -0.2) is 0 Å². The first-order chi connectivity index (χ1) is 9.72. The van der Waals surface area contributed by atoms with Crippen LogP contribution in [0, 0.1) is 0 Å². The first kappa shape index (κ1) is 14.6. The van der Waals surface area contributed by atoms with Crippen molar-refractivity contribution in [1.29, 1.82) is 0 Å². The standard InChI is InChI=1S/C16H16ClNO2/c1-20-11-13-9-5-6-10-14(13)18-16(19)15(17)12-7-3-2-4-8-12/h2-10,15H,11H2,1H3,(H,18,19). The zero-order valence-corrected chi connectivity index (χ0v) is 11.9. The summed E-state index contributed by atoms with van der Waals surface area (Å²) in [5.74, 6) is -0.249. The van der Waals surface area contributed by atoms with Crippen LogP contribution in [0.5, 0.6) is 0 Å². The predicted molar refractivity (Wildman–Crippen MR) is 80.8 cm³/mol. The van der Waals surface area contributed by atoms with Crippen LogP contribution >= 0.6 is 11.6 Å². The van der Waals surface area contributed by atoms with Gasteiger partial charge in [0.25, 0.3) is 0 Å². The van der Waals surface area contributed by atoms with Crippen molar-refractivity contribution in [2.24, 2.45) is 0 Å². The molecule has 1 atom stereocenters. The van der Waals surface area contributed by atoms with E-state index in [1.54, 1.807) is 7.11 Å². The molecule has 1 unspecified atom stereocenters. The van der Waals surface area contributed by atoms with Crippen molar-refractivity contribution in [1.82, 2.24) is 0 Å². The molecule has 0 aliphatic rings. The highest BCUT2D eigenvalue weighted by Crippen LogP contribution is 2.23. The van der Waals surface area contributed by atoms with Crippen molar-refractivity contribution >= 4 is 23.2 Å². The number of ether oxygens (including phenoxy) is 1. The molecule has 20 heavy (non-hydrogen) atoms. The van der Waals surface area contributed by atoms with Gasteiger partial charge in [0, 0.05) is 18.4 Å². The van der Waals surface area contributed by atoms with E-state index in [1.807, 2.05) is 54.6 Å². The Morgan fingerprint density at radius 2 is 1.80 bits per heavy atom. The van der Waals surface area contributed by atoms with Crippen LogP contribution in [0.1, 0.15) is 16.5 Å². The van der Waals surface area contributed by atoms with Gasteiger partial charge in [0.1, 0.15) is 5.38 Å². The van der Waals surface area contributed by atoms with Gasteiger partial charge in [0.15, 0.2) is 0 Å². The lowest BCUT2D eigenvalue weighted by atomic mass is 10.1. The lowest BCUT2D eigenvalue weighted by Gasteiger charge is -2.13. The van der Waals surface area contributed by atoms with Crippen molar-refractivity contribution in [3.8, 4) is 0 Å². The smallest absolute Gasteiger partial charge is 0.246 e. The molecular weight excluding hydrogens is 274 g/mol. The van der Waals surface area contributed by atoms with E-state index < -0.39 is 5.38 Å². The van der Waals surface area contributed by atoms with Gasteiger partial charge in [0.05, 0.1) is 6.61 Å². The second kappa shape index (κ2) is 7.08. The maximum Gasteiger partial charge on any atom is 0.246 e. The van der Waals surface area contributed by atoms with Crippen molar-refractivity contribution in [3.05, 3.63) is 65.7 Å². The molecule has 2 aromatic rings. The van der Waals surface area contributed by atoms with E-state index in [-0.39, 0.29) is 5.91 Å². The Kier molecular flexibility index (Phi) is 5.16. The number of nitrogens with one attached hydrogen (secondary N) is 1. The molecule has 1 N–H and O–H groups in total. The molecule has 0 aliphatic carbocycles.